The predicted molar refractivity (Wildman–Crippen MR) is 66.3 cm³/mol. The molecule has 0 radical (unpaired) electrons. The van der Waals surface area contributed by atoms with Crippen molar-refractivity contribution in [3.8, 4) is 0 Å². The van der Waals surface area contributed by atoms with Crippen LogP contribution in [0.1, 0.15) is 12.1 Å². The van der Waals surface area contributed by atoms with Crippen LogP contribution >= 0.6 is 0 Å². The summed E-state index contributed by atoms with van der Waals surface area (Å²) in [4.78, 5) is 32.9. The molecule has 1 unspecified atom stereocenters. The fourth-order valence-corrected chi connectivity index (χ4v) is 2.28. The van der Waals surface area contributed by atoms with E-state index in [1.165, 1.54) is 10.6 Å². The number of rotatable bonds is 2. The summed E-state index contributed by atoms with van der Waals surface area (Å²) in [6.45, 7) is 2.72. The number of nitrogens with one attached hydrogen (secondary N) is 1. The van der Waals surface area contributed by atoms with E-state index in [0.717, 1.165) is 0 Å². The number of nitrogens with zero attached hydrogens (tertiary/aromatic N) is 4. The average molecular weight is 263 g/mol. The minimum atomic E-state index is -0.801. The first-order valence-corrected chi connectivity index (χ1v) is 5.99. The van der Waals surface area contributed by atoms with E-state index in [4.69, 9.17) is 5.11 Å². The van der Waals surface area contributed by atoms with Crippen LogP contribution in [0, 0.1) is 12.8 Å². The predicted octanol–water partition coefficient (Wildman–Crippen LogP) is -0.363. The Balaban J connectivity index is 1.97. The van der Waals surface area contributed by atoms with Gasteiger partial charge >= 0.3 is 5.97 Å². The first-order chi connectivity index (χ1) is 9.04. The van der Waals surface area contributed by atoms with Crippen molar-refractivity contribution in [2.24, 2.45) is 5.92 Å². The van der Waals surface area contributed by atoms with Gasteiger partial charge in [0.2, 0.25) is 5.95 Å². The Labute approximate surface area is 107 Å². The Morgan fingerprint density at radius 2 is 2.32 bits per heavy atom. The van der Waals surface area contributed by atoms with Crippen molar-refractivity contribution in [3.63, 3.8) is 0 Å². The number of carbonyl (C=O) groups is 1. The van der Waals surface area contributed by atoms with Gasteiger partial charge < -0.3 is 10.0 Å². The van der Waals surface area contributed by atoms with Gasteiger partial charge in [0.15, 0.2) is 0 Å². The van der Waals surface area contributed by atoms with Crippen molar-refractivity contribution in [1.29, 1.82) is 0 Å². The molecule has 19 heavy (non-hydrogen) atoms. The van der Waals surface area contributed by atoms with Gasteiger partial charge in [-0.2, -0.15) is 9.50 Å². The van der Waals surface area contributed by atoms with Gasteiger partial charge in [-0.15, -0.1) is 0 Å². The Hall–Kier alpha value is -2.38. The number of aryl methyl sites for hydroxylation is 1. The standard InChI is InChI=1S/C11H13N5O3/c1-6-4-8(17)16-10(12-6)13-11(14-16)15-3-2-7(5-15)9(18)19/h4,7H,2-3,5H2,1H3,(H,18,19)(H,12,13,14). The highest BCUT2D eigenvalue weighted by Crippen LogP contribution is 2.20. The van der Waals surface area contributed by atoms with Crippen LogP contribution in [-0.4, -0.2) is 43.7 Å². The van der Waals surface area contributed by atoms with E-state index < -0.39 is 5.97 Å². The lowest BCUT2D eigenvalue weighted by Crippen LogP contribution is -2.24. The highest BCUT2D eigenvalue weighted by atomic mass is 16.4. The average Bonchev–Trinajstić information content (AvgIpc) is 2.92. The molecular weight excluding hydrogens is 250 g/mol. The fraction of sp³-hybridized carbons (Fsp3) is 0.455. The second-order valence-corrected chi connectivity index (χ2v) is 4.69. The van der Waals surface area contributed by atoms with Gasteiger partial charge in [0.1, 0.15) is 0 Å². The van der Waals surface area contributed by atoms with Gasteiger partial charge in [0, 0.05) is 24.8 Å². The summed E-state index contributed by atoms with van der Waals surface area (Å²) in [5.74, 6) is -0.401. The van der Waals surface area contributed by atoms with Gasteiger partial charge in [-0.25, -0.2) is 4.98 Å². The Kier molecular flexibility index (Phi) is 2.51. The van der Waals surface area contributed by atoms with Crippen LogP contribution in [0.4, 0.5) is 5.95 Å². The lowest BCUT2D eigenvalue weighted by molar-refractivity contribution is -0.140. The molecule has 1 saturated heterocycles. The topological polar surface area (TPSA) is 104 Å². The maximum absolute atomic E-state index is 11.7. The van der Waals surface area contributed by atoms with Gasteiger partial charge in [-0.3, -0.25) is 14.7 Å². The largest absolute Gasteiger partial charge is 0.481 e. The Bertz CT molecular complexity index is 704. The number of hydrogen-bond acceptors (Lipinski definition) is 5. The number of hydrogen-bond donors (Lipinski definition) is 2. The number of aromatic amines is 1. The highest BCUT2D eigenvalue weighted by molar-refractivity contribution is 5.71. The number of carboxylic acids is 1. The quantitative estimate of drug-likeness (QED) is 0.766. The van der Waals surface area contributed by atoms with Crippen molar-refractivity contribution >= 4 is 17.7 Å². The molecule has 0 aromatic carbocycles. The molecule has 0 bridgehead atoms. The van der Waals surface area contributed by atoms with E-state index in [0.29, 0.717) is 36.9 Å². The van der Waals surface area contributed by atoms with E-state index in [2.05, 4.69) is 15.1 Å². The number of aliphatic carboxylic acids is 1. The summed E-state index contributed by atoms with van der Waals surface area (Å²) in [6, 6.07) is 1.42. The first-order valence-electron chi connectivity index (χ1n) is 5.99. The SMILES string of the molecule is Cc1cc(=O)n2[nH]c(N3CCC(C(=O)O)C3)nc2n1. The molecule has 2 aromatic heterocycles. The van der Waals surface area contributed by atoms with E-state index in [1.807, 2.05) is 4.90 Å². The van der Waals surface area contributed by atoms with Crippen LogP contribution in [0.25, 0.3) is 5.78 Å². The summed E-state index contributed by atoms with van der Waals surface area (Å²) >= 11 is 0. The molecule has 8 heteroatoms. The molecule has 1 fully saturated rings. The van der Waals surface area contributed by atoms with E-state index in [9.17, 15) is 9.59 Å². The second-order valence-electron chi connectivity index (χ2n) is 4.69. The Morgan fingerprint density at radius 3 is 3.00 bits per heavy atom. The molecule has 8 nitrogen and oxygen atoms in total. The minimum Gasteiger partial charge on any atom is -0.481 e. The number of aromatic nitrogens is 4. The lowest BCUT2D eigenvalue weighted by Gasteiger charge is -2.12. The minimum absolute atomic E-state index is 0.227. The van der Waals surface area contributed by atoms with E-state index in [1.54, 1.807) is 6.92 Å². The summed E-state index contributed by atoms with van der Waals surface area (Å²) in [5, 5.41) is 11.8. The van der Waals surface area contributed by atoms with E-state index >= 15 is 0 Å². The summed E-state index contributed by atoms with van der Waals surface area (Å²) in [7, 11) is 0. The van der Waals surface area contributed by atoms with Crippen LogP contribution in [-0.2, 0) is 4.79 Å². The fourth-order valence-electron chi connectivity index (χ4n) is 2.28. The molecule has 100 valence electrons. The zero-order chi connectivity index (χ0) is 13.6. The highest BCUT2D eigenvalue weighted by Gasteiger charge is 2.29. The van der Waals surface area contributed by atoms with Crippen molar-refractivity contribution in [1.82, 2.24) is 19.6 Å². The number of carboxylic acid groups (broad SMARTS) is 1. The Morgan fingerprint density at radius 1 is 1.53 bits per heavy atom. The maximum Gasteiger partial charge on any atom is 0.308 e. The summed E-state index contributed by atoms with van der Waals surface area (Å²) in [5.41, 5.74) is 0.378. The molecule has 1 aliphatic rings. The van der Waals surface area contributed by atoms with Crippen LogP contribution in [0.3, 0.4) is 0 Å². The number of anilines is 1. The first kappa shape index (κ1) is 11.7. The third kappa shape index (κ3) is 1.94. The van der Waals surface area contributed by atoms with Crippen LogP contribution in [0.15, 0.2) is 10.9 Å². The summed E-state index contributed by atoms with van der Waals surface area (Å²) < 4.78 is 1.26. The molecule has 1 aliphatic heterocycles. The normalized spacial score (nSPS) is 19.2. The molecule has 2 aromatic rings. The molecule has 2 N–H and O–H groups in total. The smallest absolute Gasteiger partial charge is 0.308 e. The van der Waals surface area contributed by atoms with Crippen molar-refractivity contribution in [2.75, 3.05) is 18.0 Å². The third-order valence-corrected chi connectivity index (χ3v) is 3.28. The maximum atomic E-state index is 11.7. The van der Waals surface area contributed by atoms with Gasteiger partial charge in [0.05, 0.1) is 5.92 Å². The van der Waals surface area contributed by atoms with Gasteiger partial charge in [-0.1, -0.05) is 0 Å². The monoisotopic (exact) mass is 263 g/mol. The molecule has 1 atom stereocenters. The van der Waals surface area contributed by atoms with Crippen LogP contribution in [0.2, 0.25) is 0 Å². The zero-order valence-corrected chi connectivity index (χ0v) is 10.3. The molecule has 3 heterocycles. The van der Waals surface area contributed by atoms with Gasteiger partial charge in [-0.05, 0) is 13.3 Å². The van der Waals surface area contributed by atoms with Crippen LogP contribution in [0.5, 0.6) is 0 Å². The molecule has 3 rings (SSSR count). The third-order valence-electron chi connectivity index (χ3n) is 3.28. The van der Waals surface area contributed by atoms with Crippen molar-refractivity contribution in [3.05, 3.63) is 22.1 Å². The number of fused-ring (bicyclic) bond motifs is 1. The van der Waals surface area contributed by atoms with Crippen LogP contribution < -0.4 is 10.5 Å². The molecular formula is C11H13N5O3. The second kappa shape index (κ2) is 4.08. The van der Waals surface area contributed by atoms with E-state index in [-0.39, 0.29) is 11.5 Å². The molecule has 0 spiro atoms. The number of H-pyrrole nitrogens is 1. The zero-order valence-electron chi connectivity index (χ0n) is 10.3. The lowest BCUT2D eigenvalue weighted by atomic mass is 10.1. The molecule has 0 saturated carbocycles. The van der Waals surface area contributed by atoms with Gasteiger partial charge in [0.25, 0.3) is 11.3 Å². The molecule has 0 amide bonds. The summed E-state index contributed by atoms with van der Waals surface area (Å²) in [6.07, 6.45) is 0.577. The van der Waals surface area contributed by atoms with Crippen molar-refractivity contribution in [2.45, 2.75) is 13.3 Å². The van der Waals surface area contributed by atoms with Crippen molar-refractivity contribution < 1.29 is 9.90 Å². The molecule has 0 aliphatic carbocycles.